The first-order chi connectivity index (χ1) is 14.5. The van der Waals surface area contributed by atoms with E-state index in [1.165, 1.54) is 6.20 Å². The topological polar surface area (TPSA) is 116 Å². The standard InChI is InChI=1S/C22H22N6O2/c1-13-14(2)28-20-18(21(23)25-11-19(20)27-13)4-3-15-7-17(10-24-8-15)22(29)26-9-16-5-6-30-12-16/h7-8,10-11,16H,5-6,9,12H2,1-2H3,(H2,23,25)(H,26,29)/t16-/m0/s1. The smallest absolute Gasteiger partial charge is 0.252 e. The van der Waals surface area contributed by atoms with Crippen molar-refractivity contribution in [3.8, 4) is 11.8 Å². The zero-order valence-electron chi connectivity index (χ0n) is 16.9. The molecule has 1 saturated heterocycles. The van der Waals surface area contributed by atoms with E-state index in [-0.39, 0.29) is 11.7 Å². The molecule has 1 aliphatic rings. The quantitative estimate of drug-likeness (QED) is 0.642. The van der Waals surface area contributed by atoms with Gasteiger partial charge in [0, 0.05) is 37.0 Å². The van der Waals surface area contributed by atoms with Crippen molar-refractivity contribution in [1.29, 1.82) is 0 Å². The highest BCUT2D eigenvalue weighted by atomic mass is 16.5. The number of ether oxygens (including phenoxy) is 1. The van der Waals surface area contributed by atoms with Crippen LogP contribution < -0.4 is 11.1 Å². The second-order valence-electron chi connectivity index (χ2n) is 7.30. The predicted molar refractivity (Wildman–Crippen MR) is 113 cm³/mol. The summed E-state index contributed by atoms with van der Waals surface area (Å²) in [7, 11) is 0. The third-order valence-electron chi connectivity index (χ3n) is 5.06. The molecular formula is C22H22N6O2. The number of carbonyl (C=O) groups is 1. The van der Waals surface area contributed by atoms with Crippen molar-refractivity contribution in [2.24, 2.45) is 5.92 Å². The van der Waals surface area contributed by atoms with E-state index in [1.807, 2.05) is 13.8 Å². The van der Waals surface area contributed by atoms with Crippen molar-refractivity contribution < 1.29 is 9.53 Å². The van der Waals surface area contributed by atoms with Crippen LogP contribution in [0.4, 0.5) is 5.82 Å². The Hall–Kier alpha value is -3.57. The van der Waals surface area contributed by atoms with Crippen molar-refractivity contribution in [3.63, 3.8) is 0 Å². The average Bonchev–Trinajstić information content (AvgIpc) is 3.26. The zero-order chi connectivity index (χ0) is 21.1. The number of nitrogen functional groups attached to an aromatic ring is 1. The third kappa shape index (κ3) is 4.21. The molecule has 3 aromatic rings. The number of rotatable bonds is 3. The van der Waals surface area contributed by atoms with Crippen LogP contribution in [0.3, 0.4) is 0 Å². The van der Waals surface area contributed by atoms with Crippen molar-refractivity contribution in [2.75, 3.05) is 25.5 Å². The Balaban J connectivity index is 1.59. The molecule has 0 aliphatic carbocycles. The molecule has 8 nitrogen and oxygen atoms in total. The van der Waals surface area contributed by atoms with Gasteiger partial charge in [-0.15, -0.1) is 0 Å². The molecule has 3 N–H and O–H groups in total. The van der Waals surface area contributed by atoms with Gasteiger partial charge in [0.25, 0.3) is 5.91 Å². The molecule has 1 aliphatic heterocycles. The first kappa shape index (κ1) is 19.7. The number of carbonyl (C=O) groups excluding carboxylic acids is 1. The van der Waals surface area contributed by atoms with Gasteiger partial charge in [0.2, 0.25) is 0 Å². The lowest BCUT2D eigenvalue weighted by Crippen LogP contribution is -2.29. The molecule has 30 heavy (non-hydrogen) atoms. The summed E-state index contributed by atoms with van der Waals surface area (Å²) >= 11 is 0. The van der Waals surface area contributed by atoms with Crippen LogP contribution in [0, 0.1) is 31.6 Å². The normalized spacial score (nSPS) is 15.6. The monoisotopic (exact) mass is 402 g/mol. The Kier molecular flexibility index (Phi) is 5.55. The zero-order valence-corrected chi connectivity index (χ0v) is 16.9. The molecule has 0 saturated carbocycles. The first-order valence-corrected chi connectivity index (χ1v) is 9.73. The molecule has 1 fully saturated rings. The van der Waals surface area contributed by atoms with E-state index in [9.17, 15) is 4.79 Å². The van der Waals surface area contributed by atoms with Gasteiger partial charge in [-0.05, 0) is 26.3 Å². The number of nitrogens with zero attached hydrogens (tertiary/aromatic N) is 4. The van der Waals surface area contributed by atoms with E-state index >= 15 is 0 Å². The highest BCUT2D eigenvalue weighted by Crippen LogP contribution is 2.19. The molecule has 0 radical (unpaired) electrons. The summed E-state index contributed by atoms with van der Waals surface area (Å²) in [6.07, 6.45) is 5.69. The maximum Gasteiger partial charge on any atom is 0.252 e. The molecule has 8 heteroatoms. The molecule has 0 spiro atoms. The summed E-state index contributed by atoms with van der Waals surface area (Å²) in [5.41, 5.74) is 10.5. The van der Waals surface area contributed by atoms with Gasteiger partial charge in [-0.25, -0.2) is 15.0 Å². The minimum Gasteiger partial charge on any atom is -0.383 e. The second kappa shape index (κ2) is 8.43. The number of nitrogens with two attached hydrogens (primary N) is 1. The van der Waals surface area contributed by atoms with Gasteiger partial charge in [-0.2, -0.15) is 0 Å². The molecule has 1 atom stereocenters. The summed E-state index contributed by atoms with van der Waals surface area (Å²) in [6.45, 7) is 5.81. The minimum absolute atomic E-state index is 0.179. The number of aryl methyl sites for hydroxylation is 2. The summed E-state index contributed by atoms with van der Waals surface area (Å²) in [6, 6.07) is 1.70. The molecular weight excluding hydrogens is 380 g/mol. The van der Waals surface area contributed by atoms with Gasteiger partial charge >= 0.3 is 0 Å². The molecule has 4 rings (SSSR count). The van der Waals surface area contributed by atoms with Crippen LogP contribution in [-0.4, -0.2) is 45.6 Å². The van der Waals surface area contributed by atoms with Crippen LogP contribution in [0.25, 0.3) is 11.0 Å². The summed E-state index contributed by atoms with van der Waals surface area (Å²) in [5, 5.41) is 2.93. The highest BCUT2D eigenvalue weighted by Gasteiger charge is 2.17. The molecule has 3 aromatic heterocycles. The number of fused-ring (bicyclic) bond motifs is 1. The van der Waals surface area contributed by atoms with E-state index in [1.54, 1.807) is 18.5 Å². The average molecular weight is 402 g/mol. The molecule has 0 unspecified atom stereocenters. The fourth-order valence-corrected chi connectivity index (χ4v) is 3.18. The molecule has 1 amide bonds. The van der Waals surface area contributed by atoms with Crippen LogP contribution in [0.15, 0.2) is 24.7 Å². The first-order valence-electron chi connectivity index (χ1n) is 9.73. The summed E-state index contributed by atoms with van der Waals surface area (Å²) in [4.78, 5) is 29.8. The van der Waals surface area contributed by atoms with E-state index < -0.39 is 0 Å². The number of amides is 1. The van der Waals surface area contributed by atoms with Crippen molar-refractivity contribution in [2.45, 2.75) is 20.3 Å². The summed E-state index contributed by atoms with van der Waals surface area (Å²) in [5.74, 6) is 6.52. The van der Waals surface area contributed by atoms with Gasteiger partial charge in [-0.3, -0.25) is 9.78 Å². The Labute approximate surface area is 174 Å². The Morgan fingerprint density at radius 2 is 2.07 bits per heavy atom. The van der Waals surface area contributed by atoms with Crippen LogP contribution in [0.5, 0.6) is 0 Å². The van der Waals surface area contributed by atoms with Gasteiger partial charge < -0.3 is 15.8 Å². The van der Waals surface area contributed by atoms with Crippen LogP contribution in [0.2, 0.25) is 0 Å². The van der Waals surface area contributed by atoms with Crippen LogP contribution in [-0.2, 0) is 4.74 Å². The largest absolute Gasteiger partial charge is 0.383 e. The van der Waals surface area contributed by atoms with Crippen molar-refractivity contribution in [1.82, 2.24) is 25.3 Å². The predicted octanol–water partition coefficient (Wildman–Crippen LogP) is 1.78. The van der Waals surface area contributed by atoms with Gasteiger partial charge in [0.15, 0.2) is 0 Å². The van der Waals surface area contributed by atoms with E-state index in [4.69, 9.17) is 10.5 Å². The van der Waals surface area contributed by atoms with Crippen molar-refractivity contribution >= 4 is 22.8 Å². The lowest BCUT2D eigenvalue weighted by atomic mass is 10.1. The second-order valence-corrected chi connectivity index (χ2v) is 7.30. The van der Waals surface area contributed by atoms with Crippen molar-refractivity contribution in [3.05, 3.63) is 52.7 Å². The van der Waals surface area contributed by atoms with E-state index in [0.29, 0.717) is 46.8 Å². The number of hydrogen-bond acceptors (Lipinski definition) is 7. The number of aromatic nitrogens is 4. The Bertz CT molecular complexity index is 1180. The fraction of sp³-hybridized carbons (Fsp3) is 0.318. The summed E-state index contributed by atoms with van der Waals surface area (Å²) < 4.78 is 5.34. The number of pyridine rings is 2. The molecule has 4 heterocycles. The fourth-order valence-electron chi connectivity index (χ4n) is 3.18. The lowest BCUT2D eigenvalue weighted by molar-refractivity contribution is 0.0944. The van der Waals surface area contributed by atoms with Crippen LogP contribution in [0.1, 0.15) is 39.3 Å². The Morgan fingerprint density at radius 3 is 2.87 bits per heavy atom. The van der Waals surface area contributed by atoms with E-state index in [0.717, 1.165) is 24.4 Å². The molecule has 0 aromatic carbocycles. The number of hydrogen-bond donors (Lipinski definition) is 2. The van der Waals surface area contributed by atoms with Gasteiger partial charge in [0.05, 0.1) is 35.3 Å². The maximum absolute atomic E-state index is 12.4. The lowest BCUT2D eigenvalue weighted by Gasteiger charge is -2.09. The van der Waals surface area contributed by atoms with Gasteiger partial charge in [-0.1, -0.05) is 11.8 Å². The van der Waals surface area contributed by atoms with Gasteiger partial charge in [0.1, 0.15) is 16.9 Å². The highest BCUT2D eigenvalue weighted by molar-refractivity contribution is 5.94. The molecule has 152 valence electrons. The number of nitrogens with one attached hydrogen (secondary N) is 1. The van der Waals surface area contributed by atoms with Crippen LogP contribution >= 0.6 is 0 Å². The molecule has 0 bridgehead atoms. The maximum atomic E-state index is 12.4. The third-order valence-corrected chi connectivity index (χ3v) is 5.06. The SMILES string of the molecule is Cc1nc2cnc(N)c(C#Cc3cncc(C(=O)NC[C@@H]4CCOC4)c3)c2nc1C. The van der Waals surface area contributed by atoms with E-state index in [2.05, 4.69) is 37.1 Å². The minimum atomic E-state index is -0.179. The number of anilines is 1. The Morgan fingerprint density at radius 1 is 1.23 bits per heavy atom.